The lowest BCUT2D eigenvalue weighted by atomic mass is 9.95. The van der Waals surface area contributed by atoms with Crippen LogP contribution in [-0.2, 0) is 24.6 Å². The van der Waals surface area contributed by atoms with Crippen molar-refractivity contribution in [1.82, 2.24) is 40.4 Å². The fourth-order valence-corrected chi connectivity index (χ4v) is 8.45. The van der Waals surface area contributed by atoms with Crippen molar-refractivity contribution >= 4 is 34.8 Å². The summed E-state index contributed by atoms with van der Waals surface area (Å²) >= 11 is 0. The molecule has 0 aliphatic carbocycles. The number of nitrogens with one attached hydrogen (secondary N) is 4. The molecule has 0 bridgehead atoms. The molecular formula is C45H54N8O6. The molecule has 59 heavy (non-hydrogen) atoms. The van der Waals surface area contributed by atoms with Crippen molar-refractivity contribution in [2.75, 3.05) is 27.3 Å². The molecule has 4 N–H and O–H groups in total. The Labute approximate surface area is 344 Å². The first-order valence-corrected chi connectivity index (χ1v) is 20.4. The number of carbonyl (C=O) groups excluding carboxylic acids is 4. The smallest absolute Gasteiger partial charge is 0.407 e. The Balaban J connectivity index is 1.04. The Kier molecular flexibility index (Phi) is 11.8. The monoisotopic (exact) mass is 802 g/mol. The summed E-state index contributed by atoms with van der Waals surface area (Å²) in [6.45, 7) is 10.8. The third-order valence-electron chi connectivity index (χ3n) is 11.9. The van der Waals surface area contributed by atoms with E-state index in [4.69, 9.17) is 19.4 Å². The number of amides is 4. The van der Waals surface area contributed by atoms with Crippen LogP contribution < -0.4 is 10.6 Å². The van der Waals surface area contributed by atoms with E-state index in [1.807, 2.05) is 56.8 Å². The minimum absolute atomic E-state index is 0.105. The average molecular weight is 803 g/mol. The van der Waals surface area contributed by atoms with Crippen LogP contribution >= 0.6 is 0 Å². The standard InChI is InChI=1S/C45H54N8O6/c1-26(2)37(50-43(56)58-6)40(54)52-20-8-10-36(52)39-46-24-34(48-39)29-13-11-28(12-14-29)30-15-16-32-23-33(18-17-31(32)22-30)35-25-47-42(49-35)45(5)19-9-21-53(45)41(55)38(27(3)4)51-44(57)59-7/h11-18,22-27,36-38H,8-10,19-21H2,1-7H3,(H,46,48)(H,47,49)(H,50,56)(H,51,57)/t36-,37-,38-,45-/m0/s1. The quantitative estimate of drug-likeness (QED) is 0.106. The molecular weight excluding hydrogens is 749 g/mol. The number of fused-ring (bicyclic) bond motifs is 1. The van der Waals surface area contributed by atoms with Crippen LogP contribution in [0, 0.1) is 11.8 Å². The van der Waals surface area contributed by atoms with Crippen molar-refractivity contribution in [2.45, 2.75) is 84.0 Å². The third kappa shape index (κ3) is 8.26. The number of nitrogens with zero attached hydrogens (tertiary/aromatic N) is 4. The SMILES string of the molecule is COC(=O)N[C@H](C(=O)N1CCC[C@H]1c1ncc(-c2ccc(-c3ccc4cc(-c5cnc([C@]6(C)CCCN6C(=O)[C@@H](NC(=O)OC)C(C)C)[nH]5)ccc4c3)cc2)[nH]1)C(C)C. The highest BCUT2D eigenvalue weighted by atomic mass is 16.5. The highest BCUT2D eigenvalue weighted by Crippen LogP contribution is 2.39. The van der Waals surface area contributed by atoms with Crippen LogP contribution in [0.15, 0.2) is 73.1 Å². The van der Waals surface area contributed by atoms with E-state index < -0.39 is 29.8 Å². The van der Waals surface area contributed by atoms with Gasteiger partial charge in [0.15, 0.2) is 0 Å². The first kappa shape index (κ1) is 41.0. The normalized spacial score (nSPS) is 19.0. The van der Waals surface area contributed by atoms with Gasteiger partial charge in [0, 0.05) is 18.7 Å². The van der Waals surface area contributed by atoms with E-state index in [9.17, 15) is 19.2 Å². The molecule has 2 aliphatic heterocycles. The molecule has 14 heteroatoms. The molecule has 2 saturated heterocycles. The maximum Gasteiger partial charge on any atom is 0.407 e. The Morgan fingerprint density at radius 2 is 1.27 bits per heavy atom. The van der Waals surface area contributed by atoms with E-state index in [0.717, 1.165) is 75.9 Å². The molecule has 5 aromatic rings. The number of likely N-dealkylation sites (tertiary alicyclic amines) is 2. The molecule has 0 radical (unpaired) electrons. The van der Waals surface area contributed by atoms with Crippen molar-refractivity contribution in [3.8, 4) is 33.6 Å². The first-order valence-electron chi connectivity index (χ1n) is 20.4. The van der Waals surface area contributed by atoms with Crippen molar-refractivity contribution in [3.05, 3.63) is 84.7 Å². The molecule has 7 rings (SSSR count). The van der Waals surface area contributed by atoms with Crippen molar-refractivity contribution in [1.29, 1.82) is 0 Å². The predicted molar refractivity (Wildman–Crippen MR) is 225 cm³/mol. The topological polar surface area (TPSA) is 175 Å². The van der Waals surface area contributed by atoms with Crippen molar-refractivity contribution in [2.24, 2.45) is 11.8 Å². The maximum absolute atomic E-state index is 13.8. The summed E-state index contributed by atoms with van der Waals surface area (Å²) in [6, 6.07) is 19.5. The van der Waals surface area contributed by atoms with E-state index in [0.29, 0.717) is 18.9 Å². The average Bonchev–Trinajstić information content (AvgIpc) is 4.08. The number of rotatable bonds is 11. The van der Waals surface area contributed by atoms with Gasteiger partial charge in [0.05, 0.1) is 49.6 Å². The summed E-state index contributed by atoms with van der Waals surface area (Å²) in [4.78, 5) is 71.5. The summed E-state index contributed by atoms with van der Waals surface area (Å²) < 4.78 is 9.56. The van der Waals surface area contributed by atoms with Crippen LogP contribution in [0.4, 0.5) is 9.59 Å². The second-order valence-electron chi connectivity index (χ2n) is 16.5. The zero-order valence-electron chi connectivity index (χ0n) is 34.8. The molecule has 2 aliphatic rings. The fraction of sp³-hybridized carbons (Fsp3) is 0.422. The summed E-state index contributed by atoms with van der Waals surface area (Å²) in [5.74, 6) is 0.927. The Hall–Kier alpha value is -6.18. The van der Waals surface area contributed by atoms with Gasteiger partial charge in [-0.2, -0.15) is 0 Å². The number of hydrogen-bond acceptors (Lipinski definition) is 8. The zero-order chi connectivity index (χ0) is 42.0. The van der Waals surface area contributed by atoms with Crippen LogP contribution in [0.1, 0.15) is 78.0 Å². The number of imidazole rings is 2. The number of methoxy groups -OCH3 is 2. The molecule has 2 aromatic heterocycles. The Bertz CT molecular complexity index is 2330. The summed E-state index contributed by atoms with van der Waals surface area (Å²) in [7, 11) is 2.58. The van der Waals surface area contributed by atoms with Gasteiger partial charge in [-0.25, -0.2) is 19.6 Å². The van der Waals surface area contributed by atoms with Crippen molar-refractivity contribution in [3.63, 3.8) is 0 Å². The number of aromatic amines is 2. The fourth-order valence-electron chi connectivity index (χ4n) is 8.45. The van der Waals surface area contributed by atoms with Crippen LogP contribution in [0.25, 0.3) is 44.4 Å². The minimum atomic E-state index is -0.709. The van der Waals surface area contributed by atoms with Gasteiger partial charge in [-0.15, -0.1) is 0 Å². The summed E-state index contributed by atoms with van der Waals surface area (Å²) in [6.07, 6.45) is 5.59. The minimum Gasteiger partial charge on any atom is -0.453 e. The highest BCUT2D eigenvalue weighted by Gasteiger charge is 2.46. The number of benzene rings is 3. The van der Waals surface area contributed by atoms with Crippen molar-refractivity contribution < 1.29 is 28.7 Å². The molecule has 0 saturated carbocycles. The lowest BCUT2D eigenvalue weighted by Crippen LogP contribution is -2.55. The zero-order valence-corrected chi connectivity index (χ0v) is 34.8. The Morgan fingerprint density at radius 3 is 1.92 bits per heavy atom. The molecule has 4 atom stereocenters. The molecule has 2 fully saturated rings. The van der Waals surface area contributed by atoms with Gasteiger partial charge < -0.3 is 39.9 Å². The highest BCUT2D eigenvalue weighted by molar-refractivity contribution is 5.91. The number of carbonyl (C=O) groups is 4. The second kappa shape index (κ2) is 17.0. The molecule has 3 aromatic carbocycles. The van der Waals surface area contributed by atoms with Crippen LogP contribution in [0.2, 0.25) is 0 Å². The predicted octanol–water partition coefficient (Wildman–Crippen LogP) is 7.55. The van der Waals surface area contributed by atoms with Gasteiger partial charge in [-0.05, 0) is 84.0 Å². The van der Waals surface area contributed by atoms with E-state index in [-0.39, 0.29) is 29.7 Å². The van der Waals surface area contributed by atoms with Gasteiger partial charge >= 0.3 is 12.2 Å². The van der Waals surface area contributed by atoms with E-state index >= 15 is 0 Å². The van der Waals surface area contributed by atoms with Crippen LogP contribution in [0.5, 0.6) is 0 Å². The number of ether oxygens (including phenoxy) is 2. The molecule has 4 heterocycles. The number of aromatic nitrogens is 4. The molecule has 0 spiro atoms. The molecule has 0 unspecified atom stereocenters. The van der Waals surface area contributed by atoms with Gasteiger partial charge in [-0.3, -0.25) is 9.59 Å². The van der Waals surface area contributed by atoms with Crippen LogP contribution in [-0.4, -0.2) is 93.1 Å². The third-order valence-corrected chi connectivity index (χ3v) is 11.9. The molecule has 310 valence electrons. The van der Waals surface area contributed by atoms with Gasteiger partial charge in [0.25, 0.3) is 0 Å². The summed E-state index contributed by atoms with van der Waals surface area (Å²) in [5, 5.41) is 7.60. The van der Waals surface area contributed by atoms with Gasteiger partial charge in [0.2, 0.25) is 11.8 Å². The first-order chi connectivity index (χ1) is 28.3. The van der Waals surface area contributed by atoms with E-state index in [1.165, 1.54) is 14.2 Å². The van der Waals surface area contributed by atoms with Crippen LogP contribution in [0.3, 0.4) is 0 Å². The molecule has 14 nitrogen and oxygen atoms in total. The molecule has 4 amide bonds. The largest absolute Gasteiger partial charge is 0.453 e. The van der Waals surface area contributed by atoms with Gasteiger partial charge in [0.1, 0.15) is 23.7 Å². The van der Waals surface area contributed by atoms with E-state index in [2.05, 4.69) is 81.3 Å². The number of H-pyrrole nitrogens is 2. The lowest BCUT2D eigenvalue weighted by Gasteiger charge is -2.37. The van der Waals surface area contributed by atoms with Gasteiger partial charge in [-0.1, -0.05) is 76.2 Å². The summed E-state index contributed by atoms with van der Waals surface area (Å²) in [5.41, 5.74) is 5.21. The Morgan fingerprint density at radius 1 is 0.712 bits per heavy atom. The second-order valence-corrected chi connectivity index (χ2v) is 16.5. The lowest BCUT2D eigenvalue weighted by molar-refractivity contribution is -0.138. The van der Waals surface area contributed by atoms with E-state index in [1.54, 1.807) is 0 Å². The number of hydrogen-bond donors (Lipinski definition) is 4. The number of alkyl carbamates (subject to hydrolysis) is 2. The maximum atomic E-state index is 13.8.